The molecule has 140 valence electrons. The molecule has 0 bridgehead atoms. The highest BCUT2D eigenvalue weighted by Crippen LogP contribution is 2.38. The van der Waals surface area contributed by atoms with Crippen molar-refractivity contribution in [1.29, 1.82) is 0 Å². The van der Waals surface area contributed by atoms with Crippen molar-refractivity contribution in [3.8, 4) is 0 Å². The van der Waals surface area contributed by atoms with Crippen LogP contribution in [0.25, 0.3) is 0 Å². The lowest BCUT2D eigenvalue weighted by atomic mass is 9.86. The van der Waals surface area contributed by atoms with Crippen LogP contribution in [0, 0.1) is 17.0 Å². The van der Waals surface area contributed by atoms with Gasteiger partial charge in [-0.05, 0) is 24.6 Å². The number of halogens is 2. The second-order valence-corrected chi connectivity index (χ2v) is 7.17. The molecule has 0 radical (unpaired) electrons. The maximum absolute atomic E-state index is 11.4. The van der Waals surface area contributed by atoms with E-state index in [0.29, 0.717) is 15.6 Å². The van der Waals surface area contributed by atoms with Crippen molar-refractivity contribution >= 4 is 23.2 Å². The third-order valence-corrected chi connectivity index (χ3v) is 4.83. The summed E-state index contributed by atoms with van der Waals surface area (Å²) in [4.78, 5) is 20.7. The summed E-state index contributed by atoms with van der Waals surface area (Å²) in [7, 11) is 0. The number of nitrogens with zero attached hydrogens (tertiary/aromatic N) is 3. The fourth-order valence-corrected chi connectivity index (χ4v) is 3.64. The molecule has 3 aromatic rings. The van der Waals surface area contributed by atoms with E-state index in [1.54, 1.807) is 41.5 Å². The van der Waals surface area contributed by atoms with Crippen LogP contribution in [-0.2, 0) is 23.4 Å². The van der Waals surface area contributed by atoms with Gasteiger partial charge in [-0.3, -0.25) is 0 Å². The standard InChI is InChI=1S/C19H17Cl2N3O3/c1-14-2-4-15(5-3-14)11-19(27-24(25)26,12-23-9-8-22-13-23)17-7-6-16(20)10-18(17)21/h2-10,13H,11-12H2,1H3. The topological polar surface area (TPSA) is 70.2 Å². The van der Waals surface area contributed by atoms with Gasteiger partial charge in [-0.1, -0.05) is 59.1 Å². The van der Waals surface area contributed by atoms with Gasteiger partial charge in [0, 0.05) is 34.4 Å². The van der Waals surface area contributed by atoms with Crippen molar-refractivity contribution < 1.29 is 9.92 Å². The Balaban J connectivity index is 2.13. The Labute approximate surface area is 166 Å². The van der Waals surface area contributed by atoms with Crippen molar-refractivity contribution in [3.05, 3.63) is 98.0 Å². The summed E-state index contributed by atoms with van der Waals surface area (Å²) in [5.41, 5.74) is 1.12. The molecule has 8 heteroatoms. The van der Waals surface area contributed by atoms with Gasteiger partial charge in [-0.25, -0.2) is 4.98 Å². The van der Waals surface area contributed by atoms with E-state index in [1.165, 1.54) is 0 Å². The van der Waals surface area contributed by atoms with Crippen LogP contribution in [0.3, 0.4) is 0 Å². The zero-order valence-corrected chi connectivity index (χ0v) is 16.0. The highest BCUT2D eigenvalue weighted by molar-refractivity contribution is 6.35. The number of aryl methyl sites for hydroxylation is 1. The van der Waals surface area contributed by atoms with E-state index in [-0.39, 0.29) is 13.0 Å². The molecule has 1 heterocycles. The Hall–Kier alpha value is -2.57. The molecule has 0 spiro atoms. The molecule has 0 saturated heterocycles. The summed E-state index contributed by atoms with van der Waals surface area (Å²) >= 11 is 12.4. The molecule has 0 aliphatic rings. The quantitative estimate of drug-likeness (QED) is 0.416. The maximum Gasteiger partial charge on any atom is 0.295 e. The zero-order valence-electron chi connectivity index (χ0n) is 14.5. The monoisotopic (exact) mass is 405 g/mol. The van der Waals surface area contributed by atoms with E-state index in [9.17, 15) is 10.1 Å². The number of hydrogen-bond acceptors (Lipinski definition) is 4. The summed E-state index contributed by atoms with van der Waals surface area (Å²) in [6, 6.07) is 12.6. The SMILES string of the molecule is Cc1ccc(CC(Cn2ccnc2)(O[N+](=O)[O-])c2ccc(Cl)cc2Cl)cc1. The molecule has 1 aromatic heterocycles. The van der Waals surface area contributed by atoms with Gasteiger partial charge in [0.25, 0.3) is 5.09 Å². The maximum atomic E-state index is 11.4. The summed E-state index contributed by atoms with van der Waals surface area (Å²) in [6.07, 6.45) is 5.15. The number of rotatable bonds is 7. The van der Waals surface area contributed by atoms with Gasteiger partial charge in [0.05, 0.1) is 12.9 Å². The lowest BCUT2D eigenvalue weighted by molar-refractivity contribution is -0.785. The number of imidazole rings is 1. The largest absolute Gasteiger partial charge is 0.335 e. The Kier molecular flexibility index (Phi) is 5.68. The molecule has 1 atom stereocenters. The summed E-state index contributed by atoms with van der Waals surface area (Å²) in [5, 5.41) is 11.4. The first-order valence-electron chi connectivity index (χ1n) is 8.18. The molecule has 0 aliphatic heterocycles. The van der Waals surface area contributed by atoms with Gasteiger partial charge in [0.2, 0.25) is 0 Å². The van der Waals surface area contributed by atoms with Crippen LogP contribution >= 0.6 is 23.2 Å². The van der Waals surface area contributed by atoms with Gasteiger partial charge >= 0.3 is 0 Å². The minimum Gasteiger partial charge on any atom is -0.335 e. The molecule has 0 saturated carbocycles. The van der Waals surface area contributed by atoms with E-state index < -0.39 is 10.7 Å². The third-order valence-electron chi connectivity index (χ3n) is 4.28. The second kappa shape index (κ2) is 7.98. The molecular formula is C19H17Cl2N3O3. The van der Waals surface area contributed by atoms with E-state index in [1.807, 2.05) is 31.2 Å². The number of benzene rings is 2. The van der Waals surface area contributed by atoms with Crippen LogP contribution in [0.1, 0.15) is 16.7 Å². The van der Waals surface area contributed by atoms with E-state index in [0.717, 1.165) is 11.1 Å². The van der Waals surface area contributed by atoms with Crippen molar-refractivity contribution in [1.82, 2.24) is 9.55 Å². The summed E-state index contributed by atoms with van der Waals surface area (Å²) in [5.74, 6) is 0. The van der Waals surface area contributed by atoms with Gasteiger partial charge in [-0.2, -0.15) is 0 Å². The van der Waals surface area contributed by atoms with Crippen molar-refractivity contribution in [2.45, 2.75) is 25.5 Å². The average molecular weight is 406 g/mol. The van der Waals surface area contributed by atoms with Gasteiger partial charge < -0.3 is 9.40 Å². The number of hydrogen-bond donors (Lipinski definition) is 0. The molecule has 0 fully saturated rings. The normalized spacial score (nSPS) is 13.1. The Bertz CT molecular complexity index is 930. The smallest absolute Gasteiger partial charge is 0.295 e. The minimum absolute atomic E-state index is 0.156. The van der Waals surface area contributed by atoms with Crippen LogP contribution < -0.4 is 0 Å². The number of aromatic nitrogens is 2. The Morgan fingerprint density at radius 3 is 2.56 bits per heavy atom. The predicted octanol–water partition coefficient (Wildman–Crippen LogP) is 4.84. The lowest BCUT2D eigenvalue weighted by Gasteiger charge is -2.33. The van der Waals surface area contributed by atoms with Gasteiger partial charge in [0.1, 0.15) is 0 Å². The van der Waals surface area contributed by atoms with Crippen LogP contribution in [0.15, 0.2) is 61.2 Å². The molecule has 0 amide bonds. The molecule has 1 unspecified atom stereocenters. The molecule has 3 rings (SSSR count). The van der Waals surface area contributed by atoms with Crippen molar-refractivity contribution in [3.63, 3.8) is 0 Å². The fourth-order valence-electron chi connectivity index (χ4n) is 3.06. The minimum atomic E-state index is -1.35. The fraction of sp³-hybridized carbons (Fsp3) is 0.211. The van der Waals surface area contributed by atoms with Crippen LogP contribution in [-0.4, -0.2) is 14.6 Å². The van der Waals surface area contributed by atoms with Gasteiger partial charge in [-0.15, -0.1) is 10.1 Å². The molecule has 0 aliphatic carbocycles. The van der Waals surface area contributed by atoms with Crippen molar-refractivity contribution in [2.24, 2.45) is 0 Å². The highest BCUT2D eigenvalue weighted by atomic mass is 35.5. The molecule has 0 N–H and O–H groups in total. The van der Waals surface area contributed by atoms with Crippen molar-refractivity contribution in [2.75, 3.05) is 0 Å². The van der Waals surface area contributed by atoms with Crippen LogP contribution in [0.5, 0.6) is 0 Å². The zero-order chi connectivity index (χ0) is 19.4. The third kappa shape index (κ3) is 4.59. The summed E-state index contributed by atoms with van der Waals surface area (Å²) in [6.45, 7) is 2.13. The molecule has 2 aromatic carbocycles. The van der Waals surface area contributed by atoms with Crippen LogP contribution in [0.2, 0.25) is 10.0 Å². The first-order chi connectivity index (χ1) is 12.9. The molecular weight excluding hydrogens is 389 g/mol. The van der Waals surface area contributed by atoms with Gasteiger partial charge in [0.15, 0.2) is 5.60 Å². The van der Waals surface area contributed by atoms with E-state index in [2.05, 4.69) is 4.98 Å². The Morgan fingerprint density at radius 2 is 1.96 bits per heavy atom. The Morgan fingerprint density at radius 1 is 1.22 bits per heavy atom. The predicted molar refractivity (Wildman–Crippen MR) is 103 cm³/mol. The van der Waals surface area contributed by atoms with Crippen LogP contribution in [0.4, 0.5) is 0 Å². The average Bonchev–Trinajstić information content (AvgIpc) is 3.09. The molecule has 6 nitrogen and oxygen atoms in total. The van der Waals surface area contributed by atoms with E-state index in [4.69, 9.17) is 28.0 Å². The lowest BCUT2D eigenvalue weighted by Crippen LogP contribution is -2.39. The first kappa shape index (κ1) is 19.2. The highest BCUT2D eigenvalue weighted by Gasteiger charge is 2.39. The van der Waals surface area contributed by atoms with E-state index >= 15 is 0 Å². The second-order valence-electron chi connectivity index (χ2n) is 6.33. The molecule has 27 heavy (non-hydrogen) atoms. The first-order valence-corrected chi connectivity index (χ1v) is 8.94. The summed E-state index contributed by atoms with van der Waals surface area (Å²) < 4.78 is 1.72.